The van der Waals surface area contributed by atoms with Gasteiger partial charge in [0.25, 0.3) is 0 Å². The van der Waals surface area contributed by atoms with Gasteiger partial charge in [-0.15, -0.1) is 0 Å². The average Bonchev–Trinajstić information content (AvgIpc) is 3.19. The number of halogens is 3. The molecule has 3 atom stereocenters. The maximum atomic E-state index is 15.2. The molecule has 3 aromatic heterocycles. The number of hydrogen-bond acceptors (Lipinski definition) is 8. The number of carbonyl (C=O) groups excluding carboxylic acids is 1. The number of anilines is 2. The lowest BCUT2D eigenvalue weighted by molar-refractivity contribution is -0.197. The van der Waals surface area contributed by atoms with Gasteiger partial charge in [-0.2, -0.15) is 13.9 Å². The van der Waals surface area contributed by atoms with Gasteiger partial charge in [0, 0.05) is 55.2 Å². The van der Waals surface area contributed by atoms with Crippen molar-refractivity contribution in [3.05, 3.63) is 35.9 Å². The van der Waals surface area contributed by atoms with Crippen LogP contribution in [0, 0.1) is 0 Å². The van der Waals surface area contributed by atoms with Gasteiger partial charge in [0.2, 0.25) is 5.95 Å². The zero-order valence-electron chi connectivity index (χ0n) is 20.7. The third kappa shape index (κ3) is 5.27. The van der Waals surface area contributed by atoms with Crippen molar-refractivity contribution in [1.29, 1.82) is 0 Å². The highest BCUT2D eigenvalue weighted by Crippen LogP contribution is 2.39. The van der Waals surface area contributed by atoms with Gasteiger partial charge in [-0.25, -0.2) is 19.2 Å². The van der Waals surface area contributed by atoms with E-state index in [4.69, 9.17) is 4.74 Å². The quantitative estimate of drug-likeness (QED) is 0.382. The number of aromatic nitrogens is 5. The molecule has 1 amide bonds. The van der Waals surface area contributed by atoms with Crippen molar-refractivity contribution in [2.24, 2.45) is 0 Å². The molecule has 3 N–H and O–H groups in total. The summed E-state index contributed by atoms with van der Waals surface area (Å²) in [6, 6.07) is 3.49. The van der Waals surface area contributed by atoms with Crippen LogP contribution in [0.4, 0.5) is 29.7 Å². The first-order valence-corrected chi connectivity index (χ1v) is 12.7. The number of rotatable bonds is 9. The molecule has 6 rings (SSSR count). The fraction of sp³-hybridized carbons (Fsp3) is 0.583. The number of amides is 1. The largest absolute Gasteiger partial charge is 0.443 e. The molecule has 1 aliphatic heterocycles. The Kier molecular flexibility index (Phi) is 6.38. The number of alkyl halides is 3. The number of fused-ring (bicyclic) bond motifs is 1. The molecule has 11 nitrogen and oxygen atoms in total. The Balaban J connectivity index is 1.07. The summed E-state index contributed by atoms with van der Waals surface area (Å²) in [6.07, 6.45) is 3.02. The van der Waals surface area contributed by atoms with E-state index in [-0.39, 0.29) is 5.54 Å². The van der Waals surface area contributed by atoms with Crippen LogP contribution in [0.2, 0.25) is 0 Å². The SMILES string of the molecule is CC1(NC(=O)O[C@H]2CC[C@@H](c3cc(Nc4nccc5nc(CN6CC(OC(F)F)C6)cn45)n[nH]3)[C@H]2F)CC1. The fourth-order valence-corrected chi connectivity index (χ4v) is 5.05. The molecule has 2 saturated carbocycles. The van der Waals surface area contributed by atoms with Crippen molar-refractivity contribution in [2.75, 3.05) is 18.4 Å². The molecule has 0 aromatic carbocycles. The Morgan fingerprint density at radius 2 is 2.13 bits per heavy atom. The third-order valence-corrected chi connectivity index (χ3v) is 7.44. The van der Waals surface area contributed by atoms with Gasteiger partial charge in [0.15, 0.2) is 5.82 Å². The molecule has 0 unspecified atom stereocenters. The Bertz CT molecular complexity index is 1310. The van der Waals surface area contributed by atoms with Crippen molar-refractivity contribution < 1.29 is 27.4 Å². The van der Waals surface area contributed by atoms with Crippen LogP contribution in [0.1, 0.15) is 49.9 Å². The van der Waals surface area contributed by atoms with Crippen LogP contribution < -0.4 is 10.6 Å². The summed E-state index contributed by atoms with van der Waals surface area (Å²) >= 11 is 0. The van der Waals surface area contributed by atoms with E-state index in [0.29, 0.717) is 55.6 Å². The molecule has 204 valence electrons. The highest BCUT2D eigenvalue weighted by Gasteiger charge is 2.43. The summed E-state index contributed by atoms with van der Waals surface area (Å²) in [4.78, 5) is 23.0. The van der Waals surface area contributed by atoms with Crippen LogP contribution in [-0.4, -0.2) is 79.2 Å². The zero-order chi connectivity index (χ0) is 26.4. The summed E-state index contributed by atoms with van der Waals surface area (Å²) in [6.45, 7) is 0.514. The number of H-pyrrole nitrogens is 1. The topological polar surface area (TPSA) is 122 Å². The van der Waals surface area contributed by atoms with Crippen molar-refractivity contribution >= 4 is 23.5 Å². The standard InChI is InChI=1S/C24H29F3N8O3/c1-24(5-6-24)31-23(36)38-17-3-2-15(20(17)25)16-8-18(33-32-16)30-22-28-7-4-19-29-13(10-35(19)22)9-34-11-14(12-34)37-21(26)27/h4,7-8,10,14-15,17,20-21H,2-3,5-6,9,11-12H2,1H3,(H,31,36)(H2,28,30,32,33)/t15-,17-,20+/m0/s1. The van der Waals surface area contributed by atoms with E-state index in [0.717, 1.165) is 18.5 Å². The van der Waals surface area contributed by atoms with Gasteiger partial charge in [-0.1, -0.05) is 0 Å². The van der Waals surface area contributed by atoms with Crippen molar-refractivity contribution in [2.45, 2.75) is 75.6 Å². The van der Waals surface area contributed by atoms with Crippen LogP contribution in [0.15, 0.2) is 24.5 Å². The van der Waals surface area contributed by atoms with Crippen LogP contribution in [0.25, 0.3) is 5.65 Å². The smallest absolute Gasteiger partial charge is 0.407 e. The lowest BCUT2D eigenvalue weighted by Crippen LogP contribution is -2.52. The first-order valence-electron chi connectivity index (χ1n) is 12.7. The fourth-order valence-electron chi connectivity index (χ4n) is 5.05. The second-order valence-electron chi connectivity index (χ2n) is 10.5. The lowest BCUT2D eigenvalue weighted by atomic mass is 10.0. The van der Waals surface area contributed by atoms with Gasteiger partial charge < -0.3 is 20.1 Å². The maximum absolute atomic E-state index is 15.2. The van der Waals surface area contributed by atoms with E-state index in [1.54, 1.807) is 22.7 Å². The van der Waals surface area contributed by atoms with Gasteiger partial charge >= 0.3 is 12.7 Å². The molecule has 0 bridgehead atoms. The summed E-state index contributed by atoms with van der Waals surface area (Å²) in [7, 11) is 0. The molecule has 4 heterocycles. The Morgan fingerprint density at radius 1 is 1.32 bits per heavy atom. The Labute approximate surface area is 216 Å². The van der Waals surface area contributed by atoms with E-state index in [2.05, 4.69) is 35.5 Å². The molecule has 38 heavy (non-hydrogen) atoms. The number of imidazole rings is 1. The number of hydrogen-bond donors (Lipinski definition) is 3. The average molecular weight is 535 g/mol. The first kappa shape index (κ1) is 24.9. The Morgan fingerprint density at radius 3 is 2.89 bits per heavy atom. The lowest BCUT2D eigenvalue weighted by Gasteiger charge is -2.37. The second-order valence-corrected chi connectivity index (χ2v) is 10.5. The maximum Gasteiger partial charge on any atom is 0.407 e. The molecule has 2 aliphatic carbocycles. The molecular weight excluding hydrogens is 505 g/mol. The van der Waals surface area contributed by atoms with Gasteiger partial charge in [0.1, 0.15) is 17.9 Å². The van der Waals surface area contributed by atoms with Gasteiger partial charge in [0.05, 0.1) is 11.8 Å². The number of ether oxygens (including phenoxy) is 2. The predicted molar refractivity (Wildman–Crippen MR) is 129 cm³/mol. The predicted octanol–water partition coefficient (Wildman–Crippen LogP) is 3.48. The Hall–Kier alpha value is -3.39. The first-order chi connectivity index (χ1) is 18.2. The molecular formula is C24H29F3N8O3. The summed E-state index contributed by atoms with van der Waals surface area (Å²) in [5.41, 5.74) is 1.81. The number of alkyl carbamates (subject to hydrolysis) is 1. The van der Waals surface area contributed by atoms with Gasteiger partial charge in [-0.3, -0.25) is 14.4 Å². The summed E-state index contributed by atoms with van der Waals surface area (Å²) in [5, 5.41) is 13.1. The summed E-state index contributed by atoms with van der Waals surface area (Å²) in [5.74, 6) is 0.461. The minimum atomic E-state index is -2.76. The number of nitrogens with zero attached hydrogens (tertiary/aromatic N) is 5. The van der Waals surface area contributed by atoms with E-state index in [1.807, 2.05) is 18.0 Å². The van der Waals surface area contributed by atoms with E-state index in [9.17, 15) is 13.6 Å². The van der Waals surface area contributed by atoms with Crippen molar-refractivity contribution in [3.63, 3.8) is 0 Å². The van der Waals surface area contributed by atoms with Crippen molar-refractivity contribution in [1.82, 2.24) is 34.8 Å². The summed E-state index contributed by atoms with van der Waals surface area (Å²) < 4.78 is 51.5. The second kappa shape index (κ2) is 9.73. The molecule has 3 fully saturated rings. The molecule has 0 radical (unpaired) electrons. The van der Waals surface area contributed by atoms with Crippen LogP contribution >= 0.6 is 0 Å². The van der Waals surface area contributed by atoms with Gasteiger partial charge in [-0.05, 0) is 38.7 Å². The van der Waals surface area contributed by atoms with E-state index < -0.39 is 37.0 Å². The molecule has 14 heteroatoms. The highest BCUT2D eigenvalue weighted by molar-refractivity contribution is 5.69. The molecule has 3 aromatic rings. The normalized spacial score (nSPS) is 25.0. The highest BCUT2D eigenvalue weighted by atomic mass is 19.3. The number of likely N-dealkylation sites (tertiary alicyclic amines) is 1. The third-order valence-electron chi connectivity index (χ3n) is 7.44. The molecule has 3 aliphatic rings. The minimum Gasteiger partial charge on any atom is -0.443 e. The van der Waals surface area contributed by atoms with E-state index in [1.165, 1.54) is 0 Å². The number of aromatic amines is 1. The monoisotopic (exact) mass is 534 g/mol. The van der Waals surface area contributed by atoms with Crippen LogP contribution in [0.5, 0.6) is 0 Å². The molecule has 1 saturated heterocycles. The number of carbonyl (C=O) groups is 1. The van der Waals surface area contributed by atoms with Crippen molar-refractivity contribution in [3.8, 4) is 0 Å². The zero-order valence-corrected chi connectivity index (χ0v) is 20.7. The molecule has 0 spiro atoms. The number of nitrogens with one attached hydrogen (secondary N) is 3. The van der Waals surface area contributed by atoms with E-state index >= 15 is 4.39 Å². The minimum absolute atomic E-state index is 0.221. The van der Waals surface area contributed by atoms with Crippen LogP contribution in [-0.2, 0) is 16.0 Å². The van der Waals surface area contributed by atoms with Crippen LogP contribution in [0.3, 0.4) is 0 Å².